The number of rotatable bonds is 7. The second-order valence-electron chi connectivity index (χ2n) is 5.31. The molecular formula is C18H23NO3S. The van der Waals surface area contributed by atoms with Crippen molar-refractivity contribution in [2.75, 3.05) is 7.11 Å². The van der Waals surface area contributed by atoms with Crippen molar-refractivity contribution in [3.05, 3.63) is 59.2 Å². The van der Waals surface area contributed by atoms with Gasteiger partial charge < -0.3 is 4.74 Å². The van der Waals surface area contributed by atoms with Crippen LogP contribution in [0.2, 0.25) is 0 Å². The number of hydrogen-bond acceptors (Lipinski definition) is 3. The van der Waals surface area contributed by atoms with Crippen molar-refractivity contribution in [3.8, 4) is 5.75 Å². The lowest BCUT2D eigenvalue weighted by Crippen LogP contribution is -2.23. The third kappa shape index (κ3) is 4.33. The molecule has 0 atom stereocenters. The lowest BCUT2D eigenvalue weighted by Gasteiger charge is -2.12. The van der Waals surface area contributed by atoms with Gasteiger partial charge in [-0.15, -0.1) is 0 Å². The third-order valence-electron chi connectivity index (χ3n) is 3.88. The summed E-state index contributed by atoms with van der Waals surface area (Å²) in [5.41, 5.74) is 3.41. The lowest BCUT2D eigenvalue weighted by atomic mass is 10.0. The maximum absolute atomic E-state index is 12.4. The molecule has 0 fully saturated rings. The summed E-state index contributed by atoms with van der Waals surface area (Å²) in [7, 11) is -1.98. The summed E-state index contributed by atoms with van der Waals surface area (Å²) >= 11 is 0. The zero-order valence-corrected chi connectivity index (χ0v) is 14.6. The molecule has 0 aliphatic rings. The topological polar surface area (TPSA) is 55.4 Å². The van der Waals surface area contributed by atoms with E-state index < -0.39 is 10.0 Å². The molecule has 0 unspecified atom stereocenters. The maximum atomic E-state index is 12.4. The first-order chi connectivity index (χ1) is 11.0. The van der Waals surface area contributed by atoms with Crippen LogP contribution in [0.25, 0.3) is 0 Å². The average Bonchev–Trinajstić information content (AvgIpc) is 2.59. The molecule has 0 saturated carbocycles. The average molecular weight is 333 g/mol. The van der Waals surface area contributed by atoms with Crippen LogP contribution in [-0.4, -0.2) is 15.5 Å². The van der Waals surface area contributed by atoms with Gasteiger partial charge in [0.25, 0.3) is 0 Å². The molecule has 5 heteroatoms. The minimum Gasteiger partial charge on any atom is -0.497 e. The van der Waals surface area contributed by atoms with Crippen LogP contribution in [0.5, 0.6) is 5.75 Å². The highest BCUT2D eigenvalue weighted by molar-refractivity contribution is 7.89. The Morgan fingerprint density at radius 2 is 1.65 bits per heavy atom. The molecular weight excluding hydrogens is 310 g/mol. The number of hydrogen-bond donors (Lipinski definition) is 1. The monoisotopic (exact) mass is 333 g/mol. The first-order valence-corrected chi connectivity index (χ1v) is 9.22. The fraction of sp³-hybridized carbons (Fsp3) is 0.333. The van der Waals surface area contributed by atoms with E-state index in [0.717, 1.165) is 18.4 Å². The van der Waals surface area contributed by atoms with E-state index in [1.54, 1.807) is 31.4 Å². The maximum Gasteiger partial charge on any atom is 0.240 e. The van der Waals surface area contributed by atoms with Crippen molar-refractivity contribution in [2.45, 2.75) is 38.1 Å². The minimum atomic E-state index is -3.53. The van der Waals surface area contributed by atoms with Crippen LogP contribution >= 0.6 is 0 Å². The zero-order chi connectivity index (χ0) is 16.9. The van der Waals surface area contributed by atoms with Gasteiger partial charge in [-0.1, -0.05) is 32.0 Å². The number of nitrogens with one attached hydrogen (secondary N) is 1. The van der Waals surface area contributed by atoms with Crippen LogP contribution < -0.4 is 9.46 Å². The molecule has 2 aromatic carbocycles. The van der Waals surface area contributed by atoms with Gasteiger partial charge in [0, 0.05) is 6.54 Å². The van der Waals surface area contributed by atoms with Crippen LogP contribution in [0.4, 0.5) is 0 Å². The normalized spacial score (nSPS) is 11.4. The molecule has 2 aromatic rings. The number of aryl methyl sites for hydroxylation is 2. The van der Waals surface area contributed by atoms with Crippen molar-refractivity contribution >= 4 is 10.0 Å². The Morgan fingerprint density at radius 1 is 0.957 bits per heavy atom. The van der Waals surface area contributed by atoms with E-state index in [-0.39, 0.29) is 4.90 Å². The second kappa shape index (κ2) is 7.62. The molecule has 0 spiro atoms. The number of sulfonamides is 1. The molecule has 0 bridgehead atoms. The van der Waals surface area contributed by atoms with Crippen LogP contribution in [0.1, 0.15) is 30.5 Å². The molecule has 0 aliphatic heterocycles. The molecule has 0 heterocycles. The third-order valence-corrected chi connectivity index (χ3v) is 5.30. The van der Waals surface area contributed by atoms with Gasteiger partial charge in [-0.25, -0.2) is 13.1 Å². The summed E-state index contributed by atoms with van der Waals surface area (Å²) in [5, 5.41) is 0. The molecule has 0 saturated heterocycles. The van der Waals surface area contributed by atoms with Gasteiger partial charge in [0.2, 0.25) is 10.0 Å². The Balaban J connectivity index is 2.18. The molecule has 0 aromatic heterocycles. The van der Waals surface area contributed by atoms with Crippen molar-refractivity contribution in [3.63, 3.8) is 0 Å². The smallest absolute Gasteiger partial charge is 0.240 e. The van der Waals surface area contributed by atoms with Gasteiger partial charge >= 0.3 is 0 Å². The fourth-order valence-corrected chi connectivity index (χ4v) is 3.43. The van der Waals surface area contributed by atoms with Crippen molar-refractivity contribution < 1.29 is 13.2 Å². The quantitative estimate of drug-likeness (QED) is 0.846. The van der Waals surface area contributed by atoms with Gasteiger partial charge in [0.1, 0.15) is 5.75 Å². The second-order valence-corrected chi connectivity index (χ2v) is 7.08. The summed E-state index contributed by atoms with van der Waals surface area (Å²) in [6, 6.07) is 12.6. The Hall–Kier alpha value is -1.85. The van der Waals surface area contributed by atoms with E-state index in [2.05, 4.69) is 36.8 Å². The molecule has 1 N–H and O–H groups in total. The predicted octanol–water partition coefficient (Wildman–Crippen LogP) is 3.30. The fourth-order valence-electron chi connectivity index (χ4n) is 2.42. The van der Waals surface area contributed by atoms with E-state index in [4.69, 9.17) is 4.74 Å². The summed E-state index contributed by atoms with van der Waals surface area (Å²) in [6.45, 7) is 4.46. The summed E-state index contributed by atoms with van der Waals surface area (Å²) in [4.78, 5) is 0.239. The van der Waals surface area contributed by atoms with E-state index in [9.17, 15) is 8.42 Å². The summed E-state index contributed by atoms with van der Waals surface area (Å²) in [6.07, 6.45) is 1.81. The van der Waals surface area contributed by atoms with Crippen molar-refractivity contribution in [1.82, 2.24) is 4.72 Å². The summed E-state index contributed by atoms with van der Waals surface area (Å²) < 4.78 is 32.6. The van der Waals surface area contributed by atoms with Crippen LogP contribution in [0.15, 0.2) is 47.4 Å². The predicted molar refractivity (Wildman–Crippen MR) is 92.2 cm³/mol. The van der Waals surface area contributed by atoms with E-state index in [1.165, 1.54) is 11.1 Å². The van der Waals surface area contributed by atoms with Gasteiger partial charge in [0.15, 0.2) is 0 Å². The SMILES string of the molecule is CCc1ccc(CC)c(CNS(=O)(=O)c2ccc(OC)cc2)c1. The molecule has 4 nitrogen and oxygen atoms in total. The number of benzene rings is 2. The lowest BCUT2D eigenvalue weighted by molar-refractivity contribution is 0.414. The van der Waals surface area contributed by atoms with Gasteiger partial charge in [-0.2, -0.15) is 0 Å². The first kappa shape index (κ1) is 17.5. The zero-order valence-electron chi connectivity index (χ0n) is 13.8. The largest absolute Gasteiger partial charge is 0.497 e. The standard InChI is InChI=1S/C18H23NO3S/c1-4-14-6-7-15(5-2)16(12-14)13-19-23(20,21)18-10-8-17(22-3)9-11-18/h6-12,19H,4-5,13H2,1-3H3. The molecule has 0 amide bonds. The van der Waals surface area contributed by atoms with E-state index in [0.29, 0.717) is 12.3 Å². The molecule has 0 aliphatic carbocycles. The van der Waals surface area contributed by atoms with Crippen LogP contribution in [-0.2, 0) is 29.4 Å². The Morgan fingerprint density at radius 3 is 2.22 bits per heavy atom. The van der Waals surface area contributed by atoms with Crippen molar-refractivity contribution in [2.24, 2.45) is 0 Å². The van der Waals surface area contributed by atoms with E-state index >= 15 is 0 Å². The van der Waals surface area contributed by atoms with Gasteiger partial charge in [-0.05, 0) is 53.8 Å². The molecule has 23 heavy (non-hydrogen) atoms. The highest BCUT2D eigenvalue weighted by atomic mass is 32.2. The Labute approximate surface area is 138 Å². The van der Waals surface area contributed by atoms with Crippen LogP contribution in [0.3, 0.4) is 0 Å². The minimum absolute atomic E-state index is 0.239. The molecule has 2 rings (SSSR count). The highest BCUT2D eigenvalue weighted by Gasteiger charge is 2.14. The van der Waals surface area contributed by atoms with E-state index in [1.807, 2.05) is 0 Å². The Kier molecular flexibility index (Phi) is 5.80. The molecule has 124 valence electrons. The van der Waals surface area contributed by atoms with Gasteiger partial charge in [0.05, 0.1) is 12.0 Å². The molecule has 0 radical (unpaired) electrons. The number of methoxy groups -OCH3 is 1. The van der Waals surface area contributed by atoms with Crippen molar-refractivity contribution in [1.29, 1.82) is 0 Å². The summed E-state index contributed by atoms with van der Waals surface area (Å²) in [5.74, 6) is 0.632. The van der Waals surface area contributed by atoms with Gasteiger partial charge in [-0.3, -0.25) is 0 Å². The van der Waals surface area contributed by atoms with Crippen LogP contribution in [0, 0.1) is 0 Å². The Bertz CT molecular complexity index is 752. The first-order valence-electron chi connectivity index (χ1n) is 7.74. The highest BCUT2D eigenvalue weighted by Crippen LogP contribution is 2.17. The number of ether oxygens (including phenoxy) is 1.